The summed E-state index contributed by atoms with van der Waals surface area (Å²) in [7, 11) is 1.52. The van der Waals surface area contributed by atoms with Crippen molar-refractivity contribution in [2.24, 2.45) is 5.92 Å². The molecule has 0 unspecified atom stereocenters. The molecule has 1 aromatic carbocycles. The maximum atomic E-state index is 12.1. The molecule has 0 atom stereocenters. The van der Waals surface area contributed by atoms with Crippen molar-refractivity contribution in [1.29, 1.82) is 0 Å². The zero-order valence-electron chi connectivity index (χ0n) is 14.4. The number of aryl methyl sites for hydroxylation is 1. The van der Waals surface area contributed by atoms with Crippen LogP contribution in [0.2, 0.25) is 0 Å². The largest absolute Gasteiger partial charge is 0.493 e. The highest BCUT2D eigenvalue weighted by atomic mass is 16.5. The summed E-state index contributed by atoms with van der Waals surface area (Å²) in [6, 6.07) is 7.92. The Balaban J connectivity index is 1.57. The van der Waals surface area contributed by atoms with Gasteiger partial charge in [-0.2, -0.15) is 4.98 Å². The molecule has 1 saturated heterocycles. The quantitative estimate of drug-likeness (QED) is 0.853. The minimum Gasteiger partial charge on any atom is -0.493 e. The van der Waals surface area contributed by atoms with E-state index >= 15 is 0 Å². The fourth-order valence-electron chi connectivity index (χ4n) is 3.50. The topological polar surface area (TPSA) is 62.6 Å². The summed E-state index contributed by atoms with van der Waals surface area (Å²) in [5.41, 5.74) is 2.83. The van der Waals surface area contributed by atoms with Crippen LogP contribution in [-0.4, -0.2) is 36.5 Å². The number of fused-ring (bicyclic) bond motifs is 3. The van der Waals surface area contributed by atoms with E-state index < -0.39 is 0 Å². The van der Waals surface area contributed by atoms with Crippen molar-refractivity contribution in [3.05, 3.63) is 40.3 Å². The van der Waals surface area contributed by atoms with Gasteiger partial charge in [-0.15, -0.1) is 0 Å². The van der Waals surface area contributed by atoms with Gasteiger partial charge < -0.3 is 14.2 Å². The maximum absolute atomic E-state index is 12.1. The predicted molar refractivity (Wildman–Crippen MR) is 93.2 cm³/mol. The smallest absolute Gasteiger partial charge is 0.351 e. The average Bonchev–Trinajstić information content (AvgIpc) is 2.66. The van der Waals surface area contributed by atoms with Crippen molar-refractivity contribution in [2.75, 3.05) is 26.9 Å². The van der Waals surface area contributed by atoms with Gasteiger partial charge in [-0.25, -0.2) is 4.79 Å². The molecule has 0 spiro atoms. The van der Waals surface area contributed by atoms with E-state index in [-0.39, 0.29) is 5.69 Å². The molecule has 0 radical (unpaired) electrons. The minimum atomic E-state index is -0.264. The number of hydrogen-bond donors (Lipinski definition) is 0. The second-order valence-corrected chi connectivity index (χ2v) is 6.55. The van der Waals surface area contributed by atoms with Crippen LogP contribution in [-0.2, 0) is 17.7 Å². The molecule has 2 aliphatic heterocycles. The SMILES string of the molecule is COc1cc2n(c(=O)n1)CCc1cc(OCC3CCOCC3)ccc1-2. The van der Waals surface area contributed by atoms with Gasteiger partial charge in [0.2, 0.25) is 5.88 Å². The fourth-order valence-corrected chi connectivity index (χ4v) is 3.50. The Kier molecular flexibility index (Phi) is 4.44. The Morgan fingerprint density at radius 2 is 2.12 bits per heavy atom. The molecule has 2 aliphatic rings. The molecule has 4 rings (SSSR count). The van der Waals surface area contributed by atoms with Crippen LogP contribution >= 0.6 is 0 Å². The lowest BCUT2D eigenvalue weighted by Crippen LogP contribution is -2.28. The highest BCUT2D eigenvalue weighted by molar-refractivity contribution is 5.67. The molecule has 132 valence electrons. The van der Waals surface area contributed by atoms with E-state index in [2.05, 4.69) is 11.1 Å². The van der Waals surface area contributed by atoms with Crippen molar-refractivity contribution < 1.29 is 14.2 Å². The molecular weight excluding hydrogens is 320 g/mol. The third-order valence-corrected chi connectivity index (χ3v) is 4.98. The van der Waals surface area contributed by atoms with Crippen LogP contribution in [0.4, 0.5) is 0 Å². The Morgan fingerprint density at radius 3 is 2.92 bits per heavy atom. The molecule has 1 aromatic heterocycles. The number of nitrogens with zero attached hydrogens (tertiary/aromatic N) is 2. The summed E-state index contributed by atoms with van der Waals surface area (Å²) < 4.78 is 18.2. The summed E-state index contributed by atoms with van der Waals surface area (Å²) in [5, 5.41) is 0. The first-order chi connectivity index (χ1) is 12.2. The van der Waals surface area contributed by atoms with Crippen molar-refractivity contribution in [1.82, 2.24) is 9.55 Å². The molecule has 0 amide bonds. The second-order valence-electron chi connectivity index (χ2n) is 6.55. The lowest BCUT2D eigenvalue weighted by molar-refractivity contribution is 0.0497. The first-order valence-electron chi connectivity index (χ1n) is 8.74. The van der Waals surface area contributed by atoms with Gasteiger partial charge in [0.05, 0.1) is 19.4 Å². The number of methoxy groups -OCH3 is 1. The van der Waals surface area contributed by atoms with Crippen LogP contribution in [0, 0.1) is 5.92 Å². The van der Waals surface area contributed by atoms with E-state index in [4.69, 9.17) is 14.2 Å². The standard InChI is InChI=1S/C19H22N2O4/c1-23-18-11-17-16-3-2-15(25-12-13-5-8-24-9-6-13)10-14(16)4-7-21(17)19(22)20-18/h2-3,10-11,13H,4-9,12H2,1H3. The molecule has 3 heterocycles. The second kappa shape index (κ2) is 6.88. The molecule has 2 aromatic rings. The Hall–Kier alpha value is -2.34. The van der Waals surface area contributed by atoms with Crippen LogP contribution in [0.15, 0.2) is 29.1 Å². The third kappa shape index (κ3) is 3.26. The van der Waals surface area contributed by atoms with Gasteiger partial charge in [0.15, 0.2) is 0 Å². The molecule has 0 bridgehead atoms. The summed E-state index contributed by atoms with van der Waals surface area (Å²) in [6.45, 7) is 3.02. The van der Waals surface area contributed by atoms with Gasteiger partial charge in [0.25, 0.3) is 0 Å². The van der Waals surface area contributed by atoms with Gasteiger partial charge in [0, 0.05) is 31.4 Å². The Bertz CT molecular complexity index is 825. The van der Waals surface area contributed by atoms with Crippen LogP contribution in [0.25, 0.3) is 11.3 Å². The highest BCUT2D eigenvalue weighted by Crippen LogP contribution is 2.32. The normalized spacial score (nSPS) is 16.8. The average molecular weight is 342 g/mol. The number of rotatable bonds is 4. The van der Waals surface area contributed by atoms with Crippen molar-refractivity contribution in [3.63, 3.8) is 0 Å². The molecule has 0 N–H and O–H groups in total. The molecule has 6 nitrogen and oxygen atoms in total. The lowest BCUT2D eigenvalue weighted by atomic mass is 9.97. The van der Waals surface area contributed by atoms with Gasteiger partial charge in [-0.1, -0.05) is 0 Å². The number of ether oxygens (including phenoxy) is 3. The summed E-state index contributed by atoms with van der Waals surface area (Å²) in [4.78, 5) is 16.1. The monoisotopic (exact) mass is 342 g/mol. The third-order valence-electron chi connectivity index (χ3n) is 4.98. The maximum Gasteiger partial charge on any atom is 0.351 e. The van der Waals surface area contributed by atoms with Crippen LogP contribution in [0.1, 0.15) is 18.4 Å². The molecule has 0 aliphatic carbocycles. The van der Waals surface area contributed by atoms with Crippen molar-refractivity contribution in [3.8, 4) is 22.9 Å². The van der Waals surface area contributed by atoms with Crippen LogP contribution in [0.3, 0.4) is 0 Å². The molecule has 6 heteroatoms. The molecule has 0 saturated carbocycles. The van der Waals surface area contributed by atoms with Gasteiger partial charge in [-0.05, 0) is 48.9 Å². The Labute approximate surface area is 146 Å². The van der Waals surface area contributed by atoms with E-state index in [1.807, 2.05) is 18.2 Å². The van der Waals surface area contributed by atoms with Crippen LogP contribution < -0.4 is 15.2 Å². The predicted octanol–water partition coefficient (Wildman–Crippen LogP) is 2.28. The summed E-state index contributed by atoms with van der Waals surface area (Å²) >= 11 is 0. The minimum absolute atomic E-state index is 0.264. The molecule has 1 fully saturated rings. The van der Waals surface area contributed by atoms with Gasteiger partial charge in [0.1, 0.15) is 5.75 Å². The van der Waals surface area contributed by atoms with Gasteiger partial charge in [-0.3, -0.25) is 4.57 Å². The van der Waals surface area contributed by atoms with E-state index in [1.165, 1.54) is 12.7 Å². The first kappa shape index (κ1) is 16.1. The first-order valence-corrected chi connectivity index (χ1v) is 8.74. The number of hydrogen-bond acceptors (Lipinski definition) is 5. The number of benzene rings is 1. The summed E-state index contributed by atoms with van der Waals surface area (Å²) in [5.74, 6) is 1.81. The van der Waals surface area contributed by atoms with Gasteiger partial charge >= 0.3 is 5.69 Å². The number of aromatic nitrogens is 2. The van der Waals surface area contributed by atoms with Crippen LogP contribution in [0.5, 0.6) is 11.6 Å². The molecular formula is C19H22N2O4. The van der Waals surface area contributed by atoms with E-state index in [0.717, 1.165) is 56.1 Å². The summed E-state index contributed by atoms with van der Waals surface area (Å²) in [6.07, 6.45) is 2.92. The van der Waals surface area contributed by atoms with Crippen molar-refractivity contribution in [2.45, 2.75) is 25.8 Å². The van der Waals surface area contributed by atoms with E-state index in [9.17, 15) is 4.79 Å². The van der Waals surface area contributed by atoms with E-state index in [1.54, 1.807) is 4.57 Å². The highest BCUT2D eigenvalue weighted by Gasteiger charge is 2.20. The van der Waals surface area contributed by atoms with Crippen molar-refractivity contribution >= 4 is 0 Å². The lowest BCUT2D eigenvalue weighted by Gasteiger charge is -2.24. The fraction of sp³-hybridized carbons (Fsp3) is 0.474. The Morgan fingerprint density at radius 1 is 1.28 bits per heavy atom. The molecule has 25 heavy (non-hydrogen) atoms. The zero-order valence-corrected chi connectivity index (χ0v) is 14.4. The zero-order chi connectivity index (χ0) is 17.2. The van der Waals surface area contributed by atoms with E-state index in [0.29, 0.717) is 18.3 Å².